The van der Waals surface area contributed by atoms with Crippen molar-refractivity contribution in [3.63, 3.8) is 0 Å². The van der Waals surface area contributed by atoms with E-state index in [4.69, 9.17) is 5.73 Å². The molecule has 0 bridgehead atoms. The maximum absolute atomic E-state index is 5.62. The third-order valence-electron chi connectivity index (χ3n) is 1.68. The van der Waals surface area contributed by atoms with Crippen molar-refractivity contribution in [2.75, 3.05) is 5.73 Å². The number of nitrogens with two attached hydrogens (primary N) is 1. The van der Waals surface area contributed by atoms with Crippen LogP contribution >= 0.6 is 24.8 Å². The highest BCUT2D eigenvalue weighted by Gasteiger charge is 1.98. The Labute approximate surface area is 85.4 Å². The number of nitrogen functional groups attached to an aromatic ring is 1. The van der Waals surface area contributed by atoms with E-state index in [2.05, 4.69) is 18.8 Å². The Kier molecular flexibility index (Phi) is 7.15. The van der Waals surface area contributed by atoms with Crippen LogP contribution in [0, 0.1) is 6.92 Å². The van der Waals surface area contributed by atoms with Gasteiger partial charge in [0.2, 0.25) is 0 Å². The first-order chi connectivity index (χ1) is 4.75. The molecule has 0 spiro atoms. The number of rotatable bonds is 1. The first kappa shape index (κ1) is 14.1. The summed E-state index contributed by atoms with van der Waals surface area (Å²) in [7, 11) is 0. The summed E-state index contributed by atoms with van der Waals surface area (Å²) in [4.78, 5) is 3.99. The smallest absolute Gasteiger partial charge is 0.126 e. The molecule has 12 heavy (non-hydrogen) atoms. The number of anilines is 1. The van der Waals surface area contributed by atoms with Crippen molar-refractivity contribution in [1.29, 1.82) is 0 Å². The molecule has 70 valence electrons. The molecule has 2 nitrogen and oxygen atoms in total. The van der Waals surface area contributed by atoms with Crippen LogP contribution in [-0.4, -0.2) is 4.98 Å². The zero-order valence-corrected chi connectivity index (χ0v) is 8.84. The van der Waals surface area contributed by atoms with E-state index < -0.39 is 0 Å². The highest BCUT2D eigenvalue weighted by atomic mass is 35.5. The standard InChI is InChI=1S/C8H12N2.2ClH/c1-3-7-6(2)4-5-10-8(7)9;;/h4-5H,3H2,1-2H3,(H2,9,10);2*1H. The Hall–Kier alpha value is -0.470. The number of hydrogen-bond donors (Lipinski definition) is 1. The number of aryl methyl sites for hydroxylation is 1. The zero-order valence-electron chi connectivity index (χ0n) is 7.20. The largest absolute Gasteiger partial charge is 0.383 e. The number of pyridine rings is 1. The second kappa shape index (κ2) is 6.09. The maximum atomic E-state index is 5.62. The second-order valence-corrected chi connectivity index (χ2v) is 2.35. The van der Waals surface area contributed by atoms with Gasteiger partial charge in [0.15, 0.2) is 0 Å². The minimum Gasteiger partial charge on any atom is -0.383 e. The average molecular weight is 209 g/mol. The minimum absolute atomic E-state index is 0. The maximum Gasteiger partial charge on any atom is 0.126 e. The summed E-state index contributed by atoms with van der Waals surface area (Å²) in [5, 5.41) is 0. The Morgan fingerprint density at radius 3 is 2.33 bits per heavy atom. The van der Waals surface area contributed by atoms with Crippen molar-refractivity contribution < 1.29 is 0 Å². The fourth-order valence-corrected chi connectivity index (χ4v) is 1.07. The molecule has 1 aromatic heterocycles. The Morgan fingerprint density at radius 2 is 2.00 bits per heavy atom. The molecule has 0 unspecified atom stereocenters. The summed E-state index contributed by atoms with van der Waals surface area (Å²) in [6.45, 7) is 4.14. The lowest BCUT2D eigenvalue weighted by Gasteiger charge is -2.03. The van der Waals surface area contributed by atoms with Gasteiger partial charge in [-0.25, -0.2) is 4.98 Å². The molecule has 0 atom stereocenters. The summed E-state index contributed by atoms with van der Waals surface area (Å²) < 4.78 is 0. The Balaban J connectivity index is 0. The van der Waals surface area contributed by atoms with Crippen molar-refractivity contribution >= 4 is 30.6 Å². The third-order valence-corrected chi connectivity index (χ3v) is 1.68. The summed E-state index contributed by atoms with van der Waals surface area (Å²) >= 11 is 0. The van der Waals surface area contributed by atoms with Crippen LogP contribution in [0.25, 0.3) is 0 Å². The van der Waals surface area contributed by atoms with E-state index in [-0.39, 0.29) is 24.8 Å². The van der Waals surface area contributed by atoms with Crippen LogP contribution in [0.1, 0.15) is 18.1 Å². The molecule has 0 fully saturated rings. The van der Waals surface area contributed by atoms with E-state index in [0.29, 0.717) is 5.82 Å². The summed E-state index contributed by atoms with van der Waals surface area (Å²) in [5.41, 5.74) is 8.02. The van der Waals surface area contributed by atoms with Gasteiger partial charge in [0.1, 0.15) is 5.82 Å². The van der Waals surface area contributed by atoms with Crippen LogP contribution in [0.5, 0.6) is 0 Å². The van der Waals surface area contributed by atoms with Crippen molar-refractivity contribution in [2.24, 2.45) is 0 Å². The Morgan fingerprint density at radius 1 is 1.42 bits per heavy atom. The number of aromatic nitrogens is 1. The van der Waals surface area contributed by atoms with Crippen molar-refractivity contribution in [2.45, 2.75) is 20.3 Å². The van der Waals surface area contributed by atoms with E-state index in [0.717, 1.165) is 6.42 Å². The van der Waals surface area contributed by atoms with Crippen molar-refractivity contribution in [3.05, 3.63) is 23.4 Å². The molecule has 1 aromatic rings. The number of hydrogen-bond acceptors (Lipinski definition) is 2. The van der Waals surface area contributed by atoms with E-state index in [1.54, 1.807) is 6.20 Å². The molecule has 0 aliphatic heterocycles. The summed E-state index contributed by atoms with van der Waals surface area (Å²) in [6, 6.07) is 1.98. The molecule has 0 aliphatic rings. The van der Waals surface area contributed by atoms with Gasteiger partial charge in [0.05, 0.1) is 0 Å². The van der Waals surface area contributed by atoms with Crippen LogP contribution in [0.2, 0.25) is 0 Å². The predicted molar refractivity (Wildman–Crippen MR) is 57.3 cm³/mol. The van der Waals surface area contributed by atoms with Gasteiger partial charge in [0.25, 0.3) is 0 Å². The van der Waals surface area contributed by atoms with E-state index in [1.165, 1.54) is 11.1 Å². The molecule has 0 saturated carbocycles. The van der Waals surface area contributed by atoms with Gasteiger partial charge in [-0.1, -0.05) is 6.92 Å². The van der Waals surface area contributed by atoms with Crippen LogP contribution in [0.4, 0.5) is 5.82 Å². The van der Waals surface area contributed by atoms with Gasteiger partial charge >= 0.3 is 0 Å². The lowest BCUT2D eigenvalue weighted by atomic mass is 10.1. The Bertz CT molecular complexity index is 218. The number of halogens is 2. The molecule has 0 aliphatic carbocycles. The monoisotopic (exact) mass is 208 g/mol. The molecular formula is C8H14Cl2N2. The van der Waals surface area contributed by atoms with Crippen LogP contribution in [0.3, 0.4) is 0 Å². The predicted octanol–water partition coefficient (Wildman–Crippen LogP) is 2.38. The average Bonchev–Trinajstić information content (AvgIpc) is 1.88. The molecule has 0 saturated heterocycles. The van der Waals surface area contributed by atoms with E-state index in [1.807, 2.05) is 6.07 Å². The molecule has 1 heterocycles. The van der Waals surface area contributed by atoms with Gasteiger partial charge in [-0.2, -0.15) is 0 Å². The first-order valence-corrected chi connectivity index (χ1v) is 3.45. The fourth-order valence-electron chi connectivity index (χ4n) is 1.07. The normalized spacial score (nSPS) is 8.17. The molecule has 0 radical (unpaired) electrons. The molecule has 4 heteroatoms. The number of nitrogens with zero attached hydrogens (tertiary/aromatic N) is 1. The van der Waals surface area contributed by atoms with Crippen LogP contribution in [0.15, 0.2) is 12.3 Å². The lowest BCUT2D eigenvalue weighted by molar-refractivity contribution is 1.08. The third kappa shape index (κ3) is 2.88. The van der Waals surface area contributed by atoms with Crippen molar-refractivity contribution in [3.8, 4) is 0 Å². The van der Waals surface area contributed by atoms with Crippen molar-refractivity contribution in [1.82, 2.24) is 4.98 Å². The second-order valence-electron chi connectivity index (χ2n) is 2.35. The van der Waals surface area contributed by atoms with Gasteiger partial charge in [0, 0.05) is 6.20 Å². The van der Waals surface area contributed by atoms with E-state index in [9.17, 15) is 0 Å². The molecule has 0 amide bonds. The molecule has 0 aromatic carbocycles. The van der Waals surface area contributed by atoms with Crippen LogP contribution < -0.4 is 5.73 Å². The van der Waals surface area contributed by atoms with Gasteiger partial charge in [-0.15, -0.1) is 24.8 Å². The quantitative estimate of drug-likeness (QED) is 0.771. The highest BCUT2D eigenvalue weighted by Crippen LogP contribution is 2.12. The SMILES string of the molecule is CCc1c(C)ccnc1N.Cl.Cl. The lowest BCUT2D eigenvalue weighted by Crippen LogP contribution is -1.98. The first-order valence-electron chi connectivity index (χ1n) is 3.45. The summed E-state index contributed by atoms with van der Waals surface area (Å²) in [6.07, 6.45) is 2.70. The van der Waals surface area contributed by atoms with Crippen LogP contribution in [-0.2, 0) is 6.42 Å². The highest BCUT2D eigenvalue weighted by molar-refractivity contribution is 5.85. The van der Waals surface area contributed by atoms with Gasteiger partial charge in [-0.3, -0.25) is 0 Å². The van der Waals surface area contributed by atoms with Gasteiger partial charge < -0.3 is 5.73 Å². The van der Waals surface area contributed by atoms with Gasteiger partial charge in [-0.05, 0) is 30.5 Å². The fraction of sp³-hybridized carbons (Fsp3) is 0.375. The topological polar surface area (TPSA) is 38.9 Å². The molecular weight excluding hydrogens is 195 g/mol. The molecule has 2 N–H and O–H groups in total. The summed E-state index contributed by atoms with van der Waals surface area (Å²) in [5.74, 6) is 0.669. The van der Waals surface area contributed by atoms with E-state index >= 15 is 0 Å². The molecule has 1 rings (SSSR count). The minimum atomic E-state index is 0. The zero-order chi connectivity index (χ0) is 7.56.